The summed E-state index contributed by atoms with van der Waals surface area (Å²) in [7, 11) is 0. The van der Waals surface area contributed by atoms with Gasteiger partial charge in [0.05, 0.1) is 0 Å². The van der Waals surface area contributed by atoms with Gasteiger partial charge in [-0.1, -0.05) is 12.2 Å². The van der Waals surface area contributed by atoms with Gasteiger partial charge in [-0.3, -0.25) is 4.79 Å². The minimum absolute atomic E-state index is 0.356. The van der Waals surface area contributed by atoms with E-state index in [9.17, 15) is 4.79 Å². The molecule has 0 radical (unpaired) electrons. The van der Waals surface area contributed by atoms with Crippen LogP contribution < -0.4 is 5.32 Å². The summed E-state index contributed by atoms with van der Waals surface area (Å²) in [5.74, 6) is 2.34. The number of ketones is 1. The number of hydrogen-bond acceptors (Lipinski definition) is 2. The SMILES string of the molecule is CC=CCCC(=O)C1CCC2CNCC1C2. The first-order valence-electron chi connectivity index (χ1n) is 6.66. The van der Waals surface area contributed by atoms with E-state index >= 15 is 0 Å². The molecule has 0 amide bonds. The smallest absolute Gasteiger partial charge is 0.136 e. The van der Waals surface area contributed by atoms with Gasteiger partial charge >= 0.3 is 0 Å². The lowest BCUT2D eigenvalue weighted by Gasteiger charge is -2.40. The molecule has 3 unspecified atom stereocenters. The summed E-state index contributed by atoms with van der Waals surface area (Å²) in [6.07, 6.45) is 9.49. The van der Waals surface area contributed by atoms with Crippen LogP contribution in [0.3, 0.4) is 0 Å². The fraction of sp³-hybridized carbons (Fsp3) is 0.786. The Kier molecular flexibility index (Phi) is 4.16. The molecule has 2 nitrogen and oxygen atoms in total. The van der Waals surface area contributed by atoms with E-state index < -0.39 is 0 Å². The number of fused-ring (bicyclic) bond motifs is 2. The van der Waals surface area contributed by atoms with Crippen molar-refractivity contribution in [2.45, 2.75) is 39.0 Å². The Balaban J connectivity index is 1.85. The molecule has 1 aliphatic carbocycles. The van der Waals surface area contributed by atoms with Gasteiger partial charge in [0, 0.05) is 12.3 Å². The van der Waals surface area contributed by atoms with E-state index in [4.69, 9.17) is 0 Å². The Morgan fingerprint density at radius 2 is 2.25 bits per heavy atom. The summed E-state index contributed by atoms with van der Waals surface area (Å²) in [6, 6.07) is 0. The summed E-state index contributed by atoms with van der Waals surface area (Å²) in [6.45, 7) is 4.26. The highest BCUT2D eigenvalue weighted by Crippen LogP contribution is 2.36. The zero-order chi connectivity index (χ0) is 11.4. The molecule has 1 heterocycles. The van der Waals surface area contributed by atoms with Crippen molar-refractivity contribution in [1.29, 1.82) is 0 Å². The molecule has 0 spiro atoms. The zero-order valence-electron chi connectivity index (χ0n) is 10.2. The van der Waals surface area contributed by atoms with Crippen LogP contribution in [0.5, 0.6) is 0 Å². The van der Waals surface area contributed by atoms with E-state index in [-0.39, 0.29) is 0 Å². The zero-order valence-corrected chi connectivity index (χ0v) is 10.2. The standard InChI is InChI=1S/C14H23NO/c1-2-3-4-5-14(16)13-7-6-11-8-12(13)10-15-9-11/h2-3,11-13,15H,4-10H2,1H3. The second kappa shape index (κ2) is 5.62. The molecule has 2 aliphatic rings. The maximum Gasteiger partial charge on any atom is 0.136 e. The van der Waals surface area contributed by atoms with Crippen molar-refractivity contribution >= 4 is 5.78 Å². The van der Waals surface area contributed by atoms with Crippen LogP contribution in [0.4, 0.5) is 0 Å². The maximum absolute atomic E-state index is 12.1. The first-order valence-corrected chi connectivity index (χ1v) is 6.66. The van der Waals surface area contributed by atoms with Crippen LogP contribution in [0.25, 0.3) is 0 Å². The molecule has 2 bridgehead atoms. The molecule has 90 valence electrons. The Morgan fingerprint density at radius 1 is 1.38 bits per heavy atom. The highest BCUT2D eigenvalue weighted by atomic mass is 16.1. The van der Waals surface area contributed by atoms with Gasteiger partial charge in [-0.15, -0.1) is 0 Å². The fourth-order valence-electron chi connectivity index (χ4n) is 3.25. The normalized spacial score (nSPS) is 34.2. The first-order chi connectivity index (χ1) is 7.81. The molecule has 1 N–H and O–H groups in total. The van der Waals surface area contributed by atoms with Gasteiger partial charge in [0.2, 0.25) is 0 Å². The van der Waals surface area contributed by atoms with Gasteiger partial charge in [-0.25, -0.2) is 0 Å². The topological polar surface area (TPSA) is 29.1 Å². The van der Waals surface area contributed by atoms with E-state index in [0.717, 1.165) is 31.7 Å². The molecule has 2 rings (SSSR count). The summed E-state index contributed by atoms with van der Waals surface area (Å²) in [5.41, 5.74) is 0. The van der Waals surface area contributed by atoms with Crippen molar-refractivity contribution < 1.29 is 4.79 Å². The lowest BCUT2D eigenvalue weighted by molar-refractivity contribution is -0.126. The Labute approximate surface area is 98.5 Å². The van der Waals surface area contributed by atoms with Crippen LogP contribution in [0.15, 0.2) is 12.2 Å². The minimum Gasteiger partial charge on any atom is -0.316 e. The van der Waals surface area contributed by atoms with Gasteiger partial charge in [-0.05, 0) is 57.5 Å². The van der Waals surface area contributed by atoms with Crippen molar-refractivity contribution in [3.8, 4) is 0 Å². The molecule has 2 heteroatoms. The number of Topliss-reactive ketones (excluding diaryl/α,β-unsaturated/α-hetero) is 1. The van der Waals surface area contributed by atoms with Crippen LogP contribution in [-0.2, 0) is 4.79 Å². The predicted octanol–water partition coefficient (Wildman–Crippen LogP) is 2.55. The highest BCUT2D eigenvalue weighted by Gasteiger charge is 2.36. The van der Waals surface area contributed by atoms with Gasteiger partial charge in [0.15, 0.2) is 0 Å². The maximum atomic E-state index is 12.1. The summed E-state index contributed by atoms with van der Waals surface area (Å²) in [4.78, 5) is 12.1. The number of nitrogens with one attached hydrogen (secondary N) is 1. The van der Waals surface area contributed by atoms with E-state index in [2.05, 4.69) is 11.4 Å². The third-order valence-corrected chi connectivity index (χ3v) is 4.14. The van der Waals surface area contributed by atoms with Crippen LogP contribution >= 0.6 is 0 Å². The third kappa shape index (κ3) is 2.73. The second-order valence-corrected chi connectivity index (χ2v) is 5.28. The number of carbonyl (C=O) groups is 1. The van der Waals surface area contributed by atoms with Crippen LogP contribution in [0.2, 0.25) is 0 Å². The third-order valence-electron chi connectivity index (χ3n) is 4.14. The van der Waals surface area contributed by atoms with Gasteiger partial charge < -0.3 is 5.32 Å². The van der Waals surface area contributed by atoms with Crippen LogP contribution in [0.1, 0.15) is 39.0 Å². The Bertz CT molecular complexity index is 272. The molecule has 1 aliphatic heterocycles. The number of carbonyl (C=O) groups excluding carboxylic acids is 1. The van der Waals surface area contributed by atoms with Crippen molar-refractivity contribution in [3.63, 3.8) is 0 Å². The summed E-state index contributed by atoms with van der Waals surface area (Å²) < 4.78 is 0. The fourth-order valence-corrected chi connectivity index (χ4v) is 3.25. The number of allylic oxidation sites excluding steroid dienone is 2. The lowest BCUT2D eigenvalue weighted by Crippen LogP contribution is -2.45. The average Bonchev–Trinajstić information content (AvgIpc) is 2.30. The van der Waals surface area contributed by atoms with Crippen molar-refractivity contribution in [2.75, 3.05) is 13.1 Å². The van der Waals surface area contributed by atoms with Gasteiger partial charge in [0.1, 0.15) is 5.78 Å². The molecule has 0 aromatic carbocycles. The number of rotatable bonds is 4. The molecule has 2 fully saturated rings. The molecule has 1 saturated heterocycles. The average molecular weight is 221 g/mol. The van der Waals surface area contributed by atoms with Gasteiger partial charge in [0.25, 0.3) is 0 Å². The summed E-state index contributed by atoms with van der Waals surface area (Å²) in [5, 5.41) is 3.47. The quantitative estimate of drug-likeness (QED) is 0.739. The minimum atomic E-state index is 0.356. The molecular formula is C14H23NO. The van der Waals surface area contributed by atoms with Crippen LogP contribution in [-0.4, -0.2) is 18.9 Å². The number of piperidine rings is 1. The van der Waals surface area contributed by atoms with E-state index in [1.807, 2.05) is 13.0 Å². The van der Waals surface area contributed by atoms with Crippen LogP contribution in [0, 0.1) is 17.8 Å². The van der Waals surface area contributed by atoms with Crippen molar-refractivity contribution in [3.05, 3.63) is 12.2 Å². The summed E-state index contributed by atoms with van der Waals surface area (Å²) >= 11 is 0. The van der Waals surface area contributed by atoms with Gasteiger partial charge in [-0.2, -0.15) is 0 Å². The van der Waals surface area contributed by atoms with Crippen molar-refractivity contribution in [1.82, 2.24) is 5.32 Å². The first kappa shape index (κ1) is 11.8. The highest BCUT2D eigenvalue weighted by molar-refractivity contribution is 5.81. The lowest BCUT2D eigenvalue weighted by atomic mass is 9.70. The van der Waals surface area contributed by atoms with Crippen molar-refractivity contribution in [2.24, 2.45) is 17.8 Å². The Morgan fingerprint density at radius 3 is 3.06 bits per heavy atom. The molecule has 16 heavy (non-hydrogen) atoms. The second-order valence-electron chi connectivity index (χ2n) is 5.28. The number of hydrogen-bond donors (Lipinski definition) is 1. The monoisotopic (exact) mass is 221 g/mol. The Hall–Kier alpha value is -0.630. The van der Waals surface area contributed by atoms with E-state index in [1.54, 1.807) is 0 Å². The molecule has 3 atom stereocenters. The van der Waals surface area contributed by atoms with E-state index in [0.29, 0.717) is 17.6 Å². The predicted molar refractivity (Wildman–Crippen MR) is 66.2 cm³/mol. The molecular weight excluding hydrogens is 198 g/mol. The molecule has 0 aromatic heterocycles. The molecule has 0 aromatic rings. The molecule has 1 saturated carbocycles. The van der Waals surface area contributed by atoms with E-state index in [1.165, 1.54) is 19.4 Å². The largest absolute Gasteiger partial charge is 0.316 e.